The Kier molecular flexibility index (Phi) is 3.68. The fourth-order valence-electron chi connectivity index (χ4n) is 2.74. The summed E-state index contributed by atoms with van der Waals surface area (Å²) < 4.78 is 0. The fraction of sp³-hybridized carbons (Fsp3) is 1.00. The molecule has 2 fully saturated rings. The number of rotatable bonds is 4. The second-order valence-corrected chi connectivity index (χ2v) is 5.39. The monoisotopic (exact) mass is 210 g/mol. The first kappa shape index (κ1) is 11.4. The molecule has 1 aliphatic carbocycles. The van der Waals surface area contributed by atoms with E-state index in [1.165, 1.54) is 38.8 Å². The van der Waals surface area contributed by atoms with Crippen molar-refractivity contribution in [3.8, 4) is 0 Å². The summed E-state index contributed by atoms with van der Waals surface area (Å²) in [5, 5.41) is 3.74. The van der Waals surface area contributed by atoms with E-state index in [0.717, 1.165) is 24.0 Å². The normalized spacial score (nSPS) is 35.4. The summed E-state index contributed by atoms with van der Waals surface area (Å²) in [6.45, 7) is 9.51. The molecule has 88 valence electrons. The molecule has 0 bridgehead atoms. The van der Waals surface area contributed by atoms with Gasteiger partial charge in [0.15, 0.2) is 0 Å². The molecule has 0 aromatic carbocycles. The Balaban J connectivity index is 1.93. The van der Waals surface area contributed by atoms with Crippen LogP contribution in [0.5, 0.6) is 0 Å². The van der Waals surface area contributed by atoms with E-state index in [9.17, 15) is 0 Å². The molecule has 1 N–H and O–H groups in total. The van der Waals surface area contributed by atoms with Crippen molar-refractivity contribution in [1.82, 2.24) is 10.2 Å². The maximum Gasteiger partial charge on any atom is 0.0221 e. The van der Waals surface area contributed by atoms with Crippen LogP contribution >= 0.6 is 0 Å². The van der Waals surface area contributed by atoms with E-state index < -0.39 is 0 Å². The minimum absolute atomic E-state index is 0.735. The topological polar surface area (TPSA) is 15.3 Å². The lowest BCUT2D eigenvalue weighted by Gasteiger charge is -2.42. The number of nitrogens with one attached hydrogen (secondary N) is 1. The Bertz CT molecular complexity index is 201. The quantitative estimate of drug-likeness (QED) is 0.765. The summed E-state index contributed by atoms with van der Waals surface area (Å²) >= 11 is 0. The first-order chi connectivity index (χ1) is 7.26. The van der Waals surface area contributed by atoms with E-state index >= 15 is 0 Å². The van der Waals surface area contributed by atoms with Gasteiger partial charge < -0.3 is 5.32 Å². The molecule has 3 atom stereocenters. The third-order valence-electron chi connectivity index (χ3n) is 4.31. The Morgan fingerprint density at radius 1 is 1.33 bits per heavy atom. The molecule has 2 aliphatic rings. The van der Waals surface area contributed by atoms with Gasteiger partial charge in [-0.3, -0.25) is 4.90 Å². The van der Waals surface area contributed by atoms with Gasteiger partial charge in [0, 0.05) is 31.2 Å². The van der Waals surface area contributed by atoms with Crippen molar-refractivity contribution >= 4 is 0 Å². The molecule has 0 amide bonds. The predicted octanol–water partition coefficient (Wildman–Crippen LogP) is 2.25. The van der Waals surface area contributed by atoms with Crippen LogP contribution in [0.25, 0.3) is 0 Å². The van der Waals surface area contributed by atoms with E-state index in [1.807, 2.05) is 0 Å². The van der Waals surface area contributed by atoms with Gasteiger partial charge in [0.05, 0.1) is 0 Å². The van der Waals surface area contributed by atoms with Crippen molar-refractivity contribution in [3.63, 3.8) is 0 Å². The van der Waals surface area contributed by atoms with Crippen LogP contribution in [0.15, 0.2) is 0 Å². The second-order valence-electron chi connectivity index (χ2n) is 5.39. The first-order valence-electron chi connectivity index (χ1n) is 6.75. The van der Waals surface area contributed by atoms with Crippen LogP contribution in [0, 0.1) is 5.92 Å². The Morgan fingerprint density at radius 2 is 2.07 bits per heavy atom. The van der Waals surface area contributed by atoms with Crippen molar-refractivity contribution in [2.45, 2.75) is 64.6 Å². The summed E-state index contributed by atoms with van der Waals surface area (Å²) in [4.78, 5) is 2.79. The SMILES string of the molecule is CCC(C)C1CN(C2CC2)C(CC)CN1. The van der Waals surface area contributed by atoms with Crippen molar-refractivity contribution in [2.75, 3.05) is 13.1 Å². The first-order valence-corrected chi connectivity index (χ1v) is 6.75. The Morgan fingerprint density at radius 3 is 2.60 bits per heavy atom. The zero-order valence-corrected chi connectivity index (χ0v) is 10.5. The number of hydrogen-bond acceptors (Lipinski definition) is 2. The lowest BCUT2D eigenvalue weighted by Crippen LogP contribution is -2.58. The van der Waals surface area contributed by atoms with Gasteiger partial charge in [0.1, 0.15) is 0 Å². The van der Waals surface area contributed by atoms with Crippen molar-refractivity contribution in [1.29, 1.82) is 0 Å². The van der Waals surface area contributed by atoms with Crippen LogP contribution in [0.4, 0.5) is 0 Å². The molecule has 1 saturated carbocycles. The molecule has 1 heterocycles. The largest absolute Gasteiger partial charge is 0.311 e. The predicted molar refractivity (Wildman–Crippen MR) is 65.1 cm³/mol. The van der Waals surface area contributed by atoms with E-state index in [2.05, 4.69) is 31.0 Å². The second kappa shape index (κ2) is 4.84. The van der Waals surface area contributed by atoms with E-state index in [0.29, 0.717) is 0 Å². The fourth-order valence-corrected chi connectivity index (χ4v) is 2.74. The zero-order chi connectivity index (χ0) is 10.8. The number of piperazine rings is 1. The number of hydrogen-bond donors (Lipinski definition) is 1. The highest BCUT2D eigenvalue weighted by atomic mass is 15.3. The van der Waals surface area contributed by atoms with Gasteiger partial charge in [-0.05, 0) is 25.2 Å². The summed E-state index contributed by atoms with van der Waals surface area (Å²) in [5.41, 5.74) is 0. The highest BCUT2D eigenvalue weighted by Gasteiger charge is 2.37. The molecule has 1 saturated heterocycles. The van der Waals surface area contributed by atoms with Gasteiger partial charge in [-0.2, -0.15) is 0 Å². The van der Waals surface area contributed by atoms with Crippen LogP contribution in [0.3, 0.4) is 0 Å². The van der Waals surface area contributed by atoms with E-state index in [4.69, 9.17) is 0 Å². The Hall–Kier alpha value is -0.0800. The van der Waals surface area contributed by atoms with Gasteiger partial charge in [0.25, 0.3) is 0 Å². The molecule has 0 spiro atoms. The van der Waals surface area contributed by atoms with Gasteiger partial charge in [-0.15, -0.1) is 0 Å². The summed E-state index contributed by atoms with van der Waals surface area (Å²) in [6.07, 6.45) is 5.50. The van der Waals surface area contributed by atoms with Crippen molar-refractivity contribution in [3.05, 3.63) is 0 Å². The average Bonchev–Trinajstić information content (AvgIpc) is 3.11. The van der Waals surface area contributed by atoms with Crippen LogP contribution in [0.1, 0.15) is 46.5 Å². The van der Waals surface area contributed by atoms with Crippen LogP contribution in [0.2, 0.25) is 0 Å². The van der Waals surface area contributed by atoms with Gasteiger partial charge in [-0.25, -0.2) is 0 Å². The van der Waals surface area contributed by atoms with Crippen LogP contribution < -0.4 is 5.32 Å². The zero-order valence-electron chi connectivity index (χ0n) is 10.5. The van der Waals surface area contributed by atoms with Crippen molar-refractivity contribution < 1.29 is 0 Å². The molecule has 2 heteroatoms. The minimum atomic E-state index is 0.735. The molecule has 3 unspecified atom stereocenters. The maximum atomic E-state index is 3.74. The molecule has 2 rings (SSSR count). The lowest BCUT2D eigenvalue weighted by molar-refractivity contribution is 0.0987. The molecule has 2 nitrogen and oxygen atoms in total. The standard InChI is InChI=1S/C13H26N2/c1-4-10(3)13-9-15(12-6-7-12)11(5-2)8-14-13/h10-14H,4-9H2,1-3H3. The summed E-state index contributed by atoms with van der Waals surface area (Å²) in [6, 6.07) is 2.47. The maximum absolute atomic E-state index is 3.74. The molecule has 1 aliphatic heterocycles. The highest BCUT2D eigenvalue weighted by molar-refractivity contribution is 4.95. The van der Waals surface area contributed by atoms with E-state index in [-0.39, 0.29) is 0 Å². The summed E-state index contributed by atoms with van der Waals surface area (Å²) in [5.74, 6) is 0.823. The van der Waals surface area contributed by atoms with Crippen LogP contribution in [-0.4, -0.2) is 36.1 Å². The van der Waals surface area contributed by atoms with Crippen molar-refractivity contribution in [2.24, 2.45) is 5.92 Å². The molecule has 0 aromatic heterocycles. The smallest absolute Gasteiger partial charge is 0.0221 e. The average molecular weight is 210 g/mol. The highest BCUT2D eigenvalue weighted by Crippen LogP contribution is 2.31. The van der Waals surface area contributed by atoms with Gasteiger partial charge >= 0.3 is 0 Å². The molecular formula is C13H26N2. The summed E-state index contributed by atoms with van der Waals surface area (Å²) in [7, 11) is 0. The van der Waals surface area contributed by atoms with Gasteiger partial charge in [-0.1, -0.05) is 27.2 Å². The van der Waals surface area contributed by atoms with E-state index in [1.54, 1.807) is 0 Å². The molecule has 0 radical (unpaired) electrons. The number of nitrogens with zero attached hydrogens (tertiary/aromatic N) is 1. The minimum Gasteiger partial charge on any atom is -0.311 e. The Labute approximate surface area is 94.4 Å². The van der Waals surface area contributed by atoms with Gasteiger partial charge in [0.2, 0.25) is 0 Å². The molecule has 0 aromatic rings. The third-order valence-corrected chi connectivity index (χ3v) is 4.31. The van der Waals surface area contributed by atoms with Crippen LogP contribution in [-0.2, 0) is 0 Å². The third kappa shape index (κ3) is 2.54. The molecular weight excluding hydrogens is 184 g/mol. The lowest BCUT2D eigenvalue weighted by atomic mass is 9.95. The molecule has 15 heavy (non-hydrogen) atoms.